The Morgan fingerprint density at radius 2 is 1.53 bits per heavy atom. The smallest absolute Gasteiger partial charge is 0.170 e. The van der Waals surface area contributed by atoms with Gasteiger partial charge in [0.2, 0.25) is 0 Å². The first-order valence-electron chi connectivity index (χ1n) is 4.03. The van der Waals surface area contributed by atoms with Gasteiger partial charge in [-0.2, -0.15) is 0 Å². The number of aromatic hydroxyl groups is 3. The van der Waals surface area contributed by atoms with Crippen LogP contribution in [0.5, 0.6) is 17.2 Å². The van der Waals surface area contributed by atoms with Crippen molar-refractivity contribution in [2.45, 2.75) is 0 Å². The number of halogens is 2. The molecule has 0 aliphatic carbocycles. The van der Waals surface area contributed by atoms with E-state index in [0.717, 1.165) is 12.1 Å². The third-order valence-electron chi connectivity index (χ3n) is 2.07. The Morgan fingerprint density at radius 3 is 2.20 bits per heavy atom. The molecule has 0 amide bonds. The molecule has 2 rings (SSSR count). The van der Waals surface area contributed by atoms with E-state index in [0.29, 0.717) is 6.07 Å². The van der Waals surface area contributed by atoms with Gasteiger partial charge in [0.05, 0.1) is 5.39 Å². The van der Waals surface area contributed by atoms with Gasteiger partial charge in [0.15, 0.2) is 11.6 Å². The lowest BCUT2D eigenvalue weighted by Crippen LogP contribution is -1.87. The lowest BCUT2D eigenvalue weighted by Gasteiger charge is -2.06. The van der Waals surface area contributed by atoms with Crippen molar-refractivity contribution in [3.05, 3.63) is 29.8 Å². The van der Waals surface area contributed by atoms with Crippen LogP contribution in [0.4, 0.5) is 8.78 Å². The van der Waals surface area contributed by atoms with E-state index in [1.165, 1.54) is 0 Å². The predicted octanol–water partition coefficient (Wildman–Crippen LogP) is 2.23. The molecule has 0 aromatic heterocycles. The summed E-state index contributed by atoms with van der Waals surface area (Å²) in [6.45, 7) is 0. The van der Waals surface area contributed by atoms with Crippen molar-refractivity contribution in [3.63, 3.8) is 0 Å². The fraction of sp³-hybridized carbons (Fsp3) is 0. The van der Waals surface area contributed by atoms with E-state index in [1.54, 1.807) is 0 Å². The summed E-state index contributed by atoms with van der Waals surface area (Å²) in [4.78, 5) is 0. The third kappa shape index (κ3) is 1.32. The summed E-state index contributed by atoms with van der Waals surface area (Å²) >= 11 is 0. The fourth-order valence-electron chi connectivity index (χ4n) is 1.43. The number of hydrogen-bond acceptors (Lipinski definition) is 3. The summed E-state index contributed by atoms with van der Waals surface area (Å²) in [6, 6.07) is 2.48. The summed E-state index contributed by atoms with van der Waals surface area (Å²) in [5.74, 6) is -4.05. The van der Waals surface area contributed by atoms with Crippen molar-refractivity contribution in [3.8, 4) is 17.2 Å². The maximum atomic E-state index is 13.2. The first kappa shape index (κ1) is 9.51. The molecule has 0 aliphatic heterocycles. The SMILES string of the molecule is Oc1cc(O)c2c(F)c(F)cc(O)c2c1. The maximum absolute atomic E-state index is 13.2. The van der Waals surface area contributed by atoms with E-state index >= 15 is 0 Å². The van der Waals surface area contributed by atoms with Crippen LogP contribution >= 0.6 is 0 Å². The molecule has 5 heteroatoms. The van der Waals surface area contributed by atoms with Crippen molar-refractivity contribution in [2.75, 3.05) is 0 Å². The van der Waals surface area contributed by atoms with Gasteiger partial charge in [0.1, 0.15) is 17.2 Å². The number of hydrogen-bond donors (Lipinski definition) is 3. The van der Waals surface area contributed by atoms with Gasteiger partial charge in [-0.05, 0) is 6.07 Å². The summed E-state index contributed by atoms with van der Waals surface area (Å²) in [7, 11) is 0. The molecule has 0 spiro atoms. The summed E-state index contributed by atoms with van der Waals surface area (Å²) in [6.07, 6.45) is 0. The largest absolute Gasteiger partial charge is 0.508 e. The van der Waals surface area contributed by atoms with Crippen molar-refractivity contribution < 1.29 is 24.1 Å². The second kappa shape index (κ2) is 2.98. The number of benzene rings is 2. The van der Waals surface area contributed by atoms with Crippen molar-refractivity contribution in [2.24, 2.45) is 0 Å². The topological polar surface area (TPSA) is 60.7 Å². The molecule has 2 aromatic carbocycles. The zero-order chi connectivity index (χ0) is 11.2. The van der Waals surface area contributed by atoms with Crippen molar-refractivity contribution in [1.29, 1.82) is 0 Å². The molecule has 0 saturated heterocycles. The highest BCUT2D eigenvalue weighted by Crippen LogP contribution is 2.37. The van der Waals surface area contributed by atoms with Gasteiger partial charge in [-0.15, -0.1) is 0 Å². The highest BCUT2D eigenvalue weighted by Gasteiger charge is 2.15. The van der Waals surface area contributed by atoms with Crippen LogP contribution < -0.4 is 0 Å². The molecule has 78 valence electrons. The molecule has 0 atom stereocenters. The van der Waals surface area contributed by atoms with E-state index < -0.39 is 28.5 Å². The Labute approximate surface area is 82.8 Å². The van der Waals surface area contributed by atoms with Gasteiger partial charge in [-0.1, -0.05) is 0 Å². The summed E-state index contributed by atoms with van der Waals surface area (Å²) in [5.41, 5.74) is 0. The second-order valence-electron chi connectivity index (χ2n) is 3.08. The zero-order valence-corrected chi connectivity index (χ0v) is 7.33. The minimum Gasteiger partial charge on any atom is -0.508 e. The van der Waals surface area contributed by atoms with Gasteiger partial charge in [-0.25, -0.2) is 8.78 Å². The van der Waals surface area contributed by atoms with Crippen LogP contribution in [0.15, 0.2) is 18.2 Å². The Kier molecular flexibility index (Phi) is 1.89. The molecule has 0 saturated carbocycles. The second-order valence-corrected chi connectivity index (χ2v) is 3.08. The van der Waals surface area contributed by atoms with Crippen LogP contribution in [0.25, 0.3) is 10.8 Å². The highest BCUT2D eigenvalue weighted by atomic mass is 19.2. The molecule has 0 aliphatic rings. The molecule has 0 bridgehead atoms. The average Bonchev–Trinajstić information content (AvgIpc) is 2.13. The van der Waals surface area contributed by atoms with Gasteiger partial charge in [-0.3, -0.25) is 0 Å². The fourth-order valence-corrected chi connectivity index (χ4v) is 1.43. The summed E-state index contributed by atoms with van der Waals surface area (Å²) in [5, 5.41) is 27.1. The lowest BCUT2D eigenvalue weighted by molar-refractivity contribution is 0.443. The third-order valence-corrected chi connectivity index (χ3v) is 2.07. The van der Waals surface area contributed by atoms with Crippen molar-refractivity contribution in [1.82, 2.24) is 0 Å². The Balaban J connectivity index is 3.03. The number of phenolic OH excluding ortho intramolecular Hbond substituents is 3. The predicted molar refractivity (Wildman–Crippen MR) is 48.9 cm³/mol. The molecule has 0 fully saturated rings. The van der Waals surface area contributed by atoms with Gasteiger partial charge < -0.3 is 15.3 Å². The van der Waals surface area contributed by atoms with E-state index in [9.17, 15) is 19.0 Å². The highest BCUT2D eigenvalue weighted by molar-refractivity contribution is 5.94. The normalized spacial score (nSPS) is 10.8. The average molecular weight is 212 g/mol. The molecule has 0 radical (unpaired) electrons. The molecular formula is C10H6F2O3. The van der Waals surface area contributed by atoms with Gasteiger partial charge in [0.25, 0.3) is 0 Å². The Morgan fingerprint density at radius 1 is 0.867 bits per heavy atom. The quantitative estimate of drug-likeness (QED) is 0.627. The minimum atomic E-state index is -1.26. The monoisotopic (exact) mass is 212 g/mol. The molecule has 3 nitrogen and oxygen atoms in total. The van der Waals surface area contributed by atoms with Crippen LogP contribution in [-0.2, 0) is 0 Å². The van der Waals surface area contributed by atoms with Crippen LogP contribution in [0.1, 0.15) is 0 Å². The van der Waals surface area contributed by atoms with Crippen LogP contribution in [-0.4, -0.2) is 15.3 Å². The Bertz CT molecular complexity index is 552. The van der Waals surface area contributed by atoms with E-state index in [1.807, 2.05) is 0 Å². The maximum Gasteiger partial charge on any atom is 0.170 e. The van der Waals surface area contributed by atoms with E-state index in [2.05, 4.69) is 0 Å². The number of phenols is 3. The van der Waals surface area contributed by atoms with Crippen LogP contribution in [0, 0.1) is 11.6 Å². The van der Waals surface area contributed by atoms with Crippen LogP contribution in [0.2, 0.25) is 0 Å². The van der Waals surface area contributed by atoms with Crippen LogP contribution in [0.3, 0.4) is 0 Å². The standard InChI is InChI=1S/C10H6F2O3/c11-6-3-7(14)5-1-4(13)2-8(15)9(5)10(6)12/h1-3,13-15H. The van der Waals surface area contributed by atoms with Crippen molar-refractivity contribution >= 4 is 10.8 Å². The Hall–Kier alpha value is -2.04. The molecule has 3 N–H and O–H groups in total. The molecule has 0 heterocycles. The van der Waals surface area contributed by atoms with Gasteiger partial charge >= 0.3 is 0 Å². The lowest BCUT2D eigenvalue weighted by atomic mass is 10.1. The minimum absolute atomic E-state index is 0.147. The van der Waals surface area contributed by atoms with E-state index in [4.69, 9.17) is 5.11 Å². The molecular weight excluding hydrogens is 206 g/mol. The first-order valence-corrected chi connectivity index (χ1v) is 4.03. The van der Waals surface area contributed by atoms with E-state index in [-0.39, 0.29) is 11.1 Å². The van der Waals surface area contributed by atoms with Gasteiger partial charge in [0, 0.05) is 17.5 Å². The summed E-state index contributed by atoms with van der Waals surface area (Å²) < 4.78 is 26.1. The molecule has 15 heavy (non-hydrogen) atoms. The number of fused-ring (bicyclic) bond motifs is 1. The molecule has 0 unspecified atom stereocenters. The molecule has 2 aromatic rings. The number of rotatable bonds is 0. The zero-order valence-electron chi connectivity index (χ0n) is 7.33. The first-order chi connectivity index (χ1) is 7.00.